The monoisotopic (exact) mass is 376 g/mol. The summed E-state index contributed by atoms with van der Waals surface area (Å²) < 4.78 is 11.5. The van der Waals surface area contributed by atoms with Gasteiger partial charge in [-0.2, -0.15) is 0 Å². The molecule has 2 N–H and O–H groups in total. The fourth-order valence-corrected chi connectivity index (χ4v) is 3.01. The molecule has 0 aliphatic heterocycles. The fourth-order valence-electron chi connectivity index (χ4n) is 2.47. The second-order valence-corrected chi connectivity index (χ2v) is 6.33. The molecule has 6 heteroatoms. The normalized spacial score (nSPS) is 10.9. The Balaban J connectivity index is 1.88. The van der Waals surface area contributed by atoms with Crippen molar-refractivity contribution < 1.29 is 9.47 Å². The van der Waals surface area contributed by atoms with E-state index in [0.717, 1.165) is 16.6 Å². The summed E-state index contributed by atoms with van der Waals surface area (Å²) in [7, 11) is 0. The lowest BCUT2D eigenvalue weighted by molar-refractivity contribution is 0.305. The van der Waals surface area contributed by atoms with Crippen molar-refractivity contribution in [1.29, 1.82) is 0 Å². The Hall–Kier alpha value is -2.01. The molecule has 0 fully saturated rings. The van der Waals surface area contributed by atoms with E-state index >= 15 is 0 Å². The van der Waals surface area contributed by atoms with Crippen LogP contribution in [0, 0.1) is 6.92 Å². The third kappa shape index (κ3) is 3.98. The zero-order valence-electron chi connectivity index (χ0n) is 13.8. The highest BCUT2D eigenvalue weighted by molar-refractivity contribution is 6.36. The molecular formula is C19H18Cl2N2O2. The van der Waals surface area contributed by atoms with E-state index in [1.807, 2.05) is 37.3 Å². The topological polar surface area (TPSA) is 57.4 Å². The highest BCUT2D eigenvalue weighted by atomic mass is 35.5. The summed E-state index contributed by atoms with van der Waals surface area (Å²) in [6, 6.07) is 13.3. The Bertz CT molecular complexity index is 900. The van der Waals surface area contributed by atoms with Gasteiger partial charge in [0.05, 0.1) is 5.02 Å². The lowest BCUT2D eigenvalue weighted by atomic mass is 10.2. The Morgan fingerprint density at radius 2 is 1.84 bits per heavy atom. The molecule has 25 heavy (non-hydrogen) atoms. The molecule has 3 aromatic rings. The van der Waals surface area contributed by atoms with Gasteiger partial charge >= 0.3 is 0 Å². The second kappa shape index (κ2) is 7.91. The molecule has 0 unspecified atom stereocenters. The Kier molecular flexibility index (Phi) is 5.63. The van der Waals surface area contributed by atoms with Gasteiger partial charge in [0.15, 0.2) is 0 Å². The van der Waals surface area contributed by atoms with Gasteiger partial charge in [-0.3, -0.25) is 0 Å². The lowest BCUT2D eigenvalue weighted by Crippen LogP contribution is -2.11. The van der Waals surface area contributed by atoms with Crippen molar-refractivity contribution in [2.75, 3.05) is 13.2 Å². The van der Waals surface area contributed by atoms with Crippen LogP contribution in [0.25, 0.3) is 10.9 Å². The van der Waals surface area contributed by atoms with Gasteiger partial charge in [0.1, 0.15) is 30.2 Å². The largest absolute Gasteiger partial charge is 0.491 e. The molecular weight excluding hydrogens is 359 g/mol. The van der Waals surface area contributed by atoms with Crippen LogP contribution in [0.2, 0.25) is 10.0 Å². The first kappa shape index (κ1) is 17.8. The summed E-state index contributed by atoms with van der Waals surface area (Å²) in [5, 5.41) is 1.97. The number of nitrogens with zero attached hydrogens (tertiary/aromatic N) is 1. The third-order valence-electron chi connectivity index (χ3n) is 3.72. The minimum absolute atomic E-state index is 0.215. The number of fused-ring (bicyclic) bond motifs is 1. The number of pyridine rings is 1. The second-order valence-electron chi connectivity index (χ2n) is 5.54. The van der Waals surface area contributed by atoms with E-state index < -0.39 is 0 Å². The molecule has 0 aliphatic rings. The van der Waals surface area contributed by atoms with E-state index in [0.29, 0.717) is 40.3 Å². The van der Waals surface area contributed by atoms with E-state index in [1.165, 1.54) is 0 Å². The van der Waals surface area contributed by atoms with Crippen LogP contribution in [0.4, 0.5) is 0 Å². The van der Waals surface area contributed by atoms with Crippen LogP contribution in [0.5, 0.6) is 11.5 Å². The number of benzene rings is 2. The van der Waals surface area contributed by atoms with Gasteiger partial charge in [0.2, 0.25) is 0 Å². The molecule has 0 saturated heterocycles. The molecule has 2 aromatic carbocycles. The molecule has 1 aromatic heterocycles. The Morgan fingerprint density at radius 3 is 2.64 bits per heavy atom. The summed E-state index contributed by atoms with van der Waals surface area (Å²) in [4.78, 5) is 4.56. The van der Waals surface area contributed by atoms with Crippen molar-refractivity contribution in [3.8, 4) is 11.5 Å². The third-order valence-corrected chi connectivity index (χ3v) is 4.49. The van der Waals surface area contributed by atoms with Crippen molar-refractivity contribution in [2.24, 2.45) is 5.73 Å². The molecule has 0 spiro atoms. The predicted molar refractivity (Wildman–Crippen MR) is 102 cm³/mol. The van der Waals surface area contributed by atoms with E-state index in [-0.39, 0.29) is 6.61 Å². The molecule has 0 radical (unpaired) electrons. The molecule has 0 atom stereocenters. The van der Waals surface area contributed by atoms with E-state index in [9.17, 15) is 0 Å². The van der Waals surface area contributed by atoms with Gasteiger partial charge < -0.3 is 15.2 Å². The van der Waals surface area contributed by atoms with E-state index in [2.05, 4.69) is 4.98 Å². The first-order valence-electron chi connectivity index (χ1n) is 7.89. The van der Waals surface area contributed by atoms with Crippen LogP contribution >= 0.6 is 23.2 Å². The van der Waals surface area contributed by atoms with Gasteiger partial charge in [-0.25, -0.2) is 4.98 Å². The summed E-state index contributed by atoms with van der Waals surface area (Å²) in [5.74, 6) is 1.23. The first-order chi connectivity index (χ1) is 12.1. The number of hydrogen-bond donors (Lipinski definition) is 1. The molecule has 3 rings (SSSR count). The Labute approximate surface area is 156 Å². The molecule has 130 valence electrons. The minimum Gasteiger partial charge on any atom is -0.491 e. The molecule has 0 aliphatic carbocycles. The molecule has 0 saturated carbocycles. The van der Waals surface area contributed by atoms with Crippen LogP contribution in [0.3, 0.4) is 0 Å². The number of para-hydroxylation sites is 1. The summed E-state index contributed by atoms with van der Waals surface area (Å²) in [6.07, 6.45) is 0. The van der Waals surface area contributed by atoms with Crippen molar-refractivity contribution in [3.05, 3.63) is 63.8 Å². The standard InChI is InChI=1S/C19H18Cl2N2O2/c1-12-5-6-13-3-2-4-17(19(13)23-12)25-11-14-15(20)7-8-16(18(14)21)24-10-9-22/h2-8H,9-11,22H2,1H3. The summed E-state index contributed by atoms with van der Waals surface area (Å²) in [6.45, 7) is 2.95. The van der Waals surface area contributed by atoms with Crippen LogP contribution in [-0.4, -0.2) is 18.1 Å². The van der Waals surface area contributed by atoms with Crippen LogP contribution in [0.15, 0.2) is 42.5 Å². The van der Waals surface area contributed by atoms with Crippen LogP contribution < -0.4 is 15.2 Å². The van der Waals surface area contributed by atoms with Crippen molar-refractivity contribution in [2.45, 2.75) is 13.5 Å². The molecule has 1 heterocycles. The minimum atomic E-state index is 0.215. The quantitative estimate of drug-likeness (QED) is 0.673. The molecule has 4 nitrogen and oxygen atoms in total. The predicted octanol–water partition coefficient (Wildman–Crippen LogP) is 4.77. The maximum atomic E-state index is 6.41. The molecule has 0 amide bonds. The van der Waals surface area contributed by atoms with Gasteiger partial charge in [0.25, 0.3) is 0 Å². The number of rotatable bonds is 6. The van der Waals surface area contributed by atoms with Crippen LogP contribution in [0.1, 0.15) is 11.3 Å². The highest BCUT2D eigenvalue weighted by Gasteiger charge is 2.13. The maximum absolute atomic E-state index is 6.41. The van der Waals surface area contributed by atoms with Crippen LogP contribution in [-0.2, 0) is 6.61 Å². The van der Waals surface area contributed by atoms with Gasteiger partial charge in [-0.15, -0.1) is 0 Å². The summed E-state index contributed by atoms with van der Waals surface area (Å²) >= 11 is 12.7. The van der Waals surface area contributed by atoms with Gasteiger partial charge in [-0.1, -0.05) is 41.4 Å². The van der Waals surface area contributed by atoms with Crippen molar-refractivity contribution in [3.63, 3.8) is 0 Å². The average molecular weight is 377 g/mol. The maximum Gasteiger partial charge on any atom is 0.146 e. The van der Waals surface area contributed by atoms with E-state index in [1.54, 1.807) is 12.1 Å². The number of ether oxygens (including phenoxy) is 2. The number of aryl methyl sites for hydroxylation is 1. The van der Waals surface area contributed by atoms with E-state index in [4.69, 9.17) is 38.4 Å². The zero-order chi connectivity index (χ0) is 17.8. The number of aromatic nitrogens is 1. The highest BCUT2D eigenvalue weighted by Crippen LogP contribution is 2.35. The zero-order valence-corrected chi connectivity index (χ0v) is 15.3. The van der Waals surface area contributed by atoms with Crippen molar-refractivity contribution in [1.82, 2.24) is 4.98 Å². The Morgan fingerprint density at radius 1 is 1.00 bits per heavy atom. The first-order valence-corrected chi connectivity index (χ1v) is 8.64. The molecule has 0 bridgehead atoms. The smallest absolute Gasteiger partial charge is 0.146 e. The average Bonchev–Trinajstić information content (AvgIpc) is 2.61. The SMILES string of the molecule is Cc1ccc2cccc(OCc3c(Cl)ccc(OCCN)c3Cl)c2n1. The number of nitrogens with two attached hydrogens (primary N) is 1. The number of hydrogen-bond acceptors (Lipinski definition) is 4. The van der Waals surface area contributed by atoms with Crippen molar-refractivity contribution >= 4 is 34.1 Å². The number of halogens is 2. The van der Waals surface area contributed by atoms with Gasteiger partial charge in [-0.05, 0) is 31.2 Å². The lowest BCUT2D eigenvalue weighted by Gasteiger charge is -2.14. The van der Waals surface area contributed by atoms with Gasteiger partial charge in [0, 0.05) is 28.2 Å². The fraction of sp³-hybridized carbons (Fsp3) is 0.211. The summed E-state index contributed by atoms with van der Waals surface area (Å²) in [5.41, 5.74) is 7.88.